The molecule has 0 spiro atoms. The number of aliphatic hydroxyl groups is 3. The minimum absolute atomic E-state index is 0.0277. The molecule has 0 aromatic heterocycles. The molecule has 4 rings (SSSR count). The van der Waals surface area contributed by atoms with Gasteiger partial charge < -0.3 is 20.6 Å². The zero-order chi connectivity index (χ0) is 24.0. The Morgan fingerprint density at radius 1 is 1.09 bits per heavy atom. The molecule has 0 unspecified atom stereocenters. The van der Waals surface area contributed by atoms with Crippen molar-refractivity contribution < 1.29 is 20.1 Å². The second-order valence-corrected chi connectivity index (χ2v) is 12.4. The average molecular weight is 462 g/mol. The van der Waals surface area contributed by atoms with E-state index < -0.39 is 0 Å². The Morgan fingerprint density at radius 2 is 1.85 bits per heavy atom. The fourth-order valence-corrected chi connectivity index (χ4v) is 9.12. The van der Waals surface area contributed by atoms with E-state index >= 15 is 0 Å². The number of fused-ring (bicyclic) bond motifs is 5. The first kappa shape index (κ1) is 25.2. The molecule has 1 amide bonds. The zero-order valence-corrected chi connectivity index (χ0v) is 21.2. The molecule has 5 nitrogen and oxygen atoms in total. The van der Waals surface area contributed by atoms with Gasteiger partial charge in [-0.25, -0.2) is 0 Å². The van der Waals surface area contributed by atoms with Gasteiger partial charge in [-0.3, -0.25) is 4.79 Å². The largest absolute Gasteiger partial charge is 0.393 e. The number of hydrogen-bond acceptors (Lipinski definition) is 4. The maximum absolute atomic E-state index is 11.7. The molecule has 4 aliphatic rings. The summed E-state index contributed by atoms with van der Waals surface area (Å²) in [5.74, 6) is 2.23. The molecule has 4 saturated carbocycles. The van der Waals surface area contributed by atoms with Crippen LogP contribution in [0.4, 0.5) is 0 Å². The summed E-state index contributed by atoms with van der Waals surface area (Å²) in [6.45, 7) is 9.58. The topological polar surface area (TPSA) is 89.8 Å². The van der Waals surface area contributed by atoms with Crippen LogP contribution < -0.4 is 5.32 Å². The molecule has 0 bridgehead atoms. The van der Waals surface area contributed by atoms with Gasteiger partial charge >= 0.3 is 0 Å². The summed E-state index contributed by atoms with van der Waals surface area (Å²) in [5.41, 5.74) is -0.0266. The summed E-state index contributed by atoms with van der Waals surface area (Å²) >= 11 is 0. The number of hydrogen-bond donors (Lipinski definition) is 4. The Kier molecular flexibility index (Phi) is 7.34. The number of aliphatic hydroxyl groups excluding tert-OH is 3. The van der Waals surface area contributed by atoms with Crippen LogP contribution in [0, 0.1) is 46.3 Å². The van der Waals surface area contributed by atoms with Crippen LogP contribution in [0.2, 0.25) is 0 Å². The normalized spacial score (nSPS) is 48.1. The van der Waals surface area contributed by atoms with Gasteiger partial charge in [-0.1, -0.05) is 26.8 Å². The van der Waals surface area contributed by atoms with Gasteiger partial charge in [0.25, 0.3) is 0 Å². The first-order valence-electron chi connectivity index (χ1n) is 13.6. The summed E-state index contributed by atoms with van der Waals surface area (Å²) in [7, 11) is 0. The molecule has 188 valence electrons. The first-order chi connectivity index (χ1) is 15.6. The maximum atomic E-state index is 11.7. The van der Waals surface area contributed by atoms with Crippen LogP contribution in [0.1, 0.15) is 85.5 Å². The van der Waals surface area contributed by atoms with E-state index in [-0.39, 0.29) is 41.0 Å². The van der Waals surface area contributed by atoms with Crippen molar-refractivity contribution in [3.05, 3.63) is 12.2 Å². The third-order valence-corrected chi connectivity index (χ3v) is 10.9. The van der Waals surface area contributed by atoms with Gasteiger partial charge in [-0.2, -0.15) is 0 Å². The Bertz CT molecular complexity index is 739. The van der Waals surface area contributed by atoms with Gasteiger partial charge in [0.2, 0.25) is 5.91 Å². The fraction of sp³-hybridized carbons (Fsp3) is 0.893. The van der Waals surface area contributed by atoms with Gasteiger partial charge in [0.15, 0.2) is 0 Å². The average Bonchev–Trinajstić information content (AvgIpc) is 3.12. The Morgan fingerprint density at radius 3 is 2.58 bits per heavy atom. The van der Waals surface area contributed by atoms with Crippen molar-refractivity contribution in [2.45, 2.75) is 104 Å². The number of allylic oxidation sites excluding steroid dienone is 1. The van der Waals surface area contributed by atoms with E-state index in [1.165, 1.54) is 0 Å². The van der Waals surface area contributed by atoms with Crippen LogP contribution in [0.5, 0.6) is 0 Å². The zero-order valence-electron chi connectivity index (χ0n) is 21.2. The molecule has 4 aliphatic carbocycles. The molecule has 0 aliphatic heterocycles. The molecule has 0 heterocycles. The van der Waals surface area contributed by atoms with Crippen molar-refractivity contribution in [2.75, 3.05) is 6.54 Å². The lowest BCUT2D eigenvalue weighted by Crippen LogP contribution is -2.62. The number of likely N-dealkylation sites (N-methyl/N-ethyl adjacent to an activating group) is 1. The van der Waals surface area contributed by atoms with E-state index in [1.807, 2.05) is 13.0 Å². The highest BCUT2D eigenvalue weighted by atomic mass is 16.3. The number of amides is 1. The highest BCUT2D eigenvalue weighted by Gasteiger charge is 2.65. The monoisotopic (exact) mass is 461 g/mol. The lowest BCUT2D eigenvalue weighted by atomic mass is 9.43. The molecule has 0 radical (unpaired) electrons. The minimum Gasteiger partial charge on any atom is -0.393 e. The molecule has 33 heavy (non-hydrogen) atoms. The van der Waals surface area contributed by atoms with E-state index in [4.69, 9.17) is 0 Å². The van der Waals surface area contributed by atoms with Gasteiger partial charge in [-0.15, -0.1) is 0 Å². The van der Waals surface area contributed by atoms with E-state index in [1.54, 1.807) is 6.08 Å². The van der Waals surface area contributed by atoms with Gasteiger partial charge in [-0.05, 0) is 117 Å². The highest BCUT2D eigenvalue weighted by molar-refractivity contribution is 5.87. The summed E-state index contributed by atoms with van der Waals surface area (Å²) in [4.78, 5) is 11.7. The number of carbonyl (C=O) groups excluding carboxylic acids is 1. The quantitative estimate of drug-likeness (QED) is 0.449. The van der Waals surface area contributed by atoms with Crippen molar-refractivity contribution in [3.63, 3.8) is 0 Å². The molecule has 0 aromatic rings. The standard InChI is InChI=1S/C28H47NO4/c1-5-29-25(33)9-7-6-8-17(2)20-10-11-21-26-22(16-24(32)28(20,21)4)27(3)13-12-19(30)14-18(27)15-23(26)31/h7,9,17-24,26,30-32H,5-6,8,10-16H2,1-4H3,(H,29,33)/t17-,18+,19-,20-,21+,22+,23-,24+,26+,27+,28-/m1/s1. The smallest absolute Gasteiger partial charge is 0.243 e. The number of carbonyl (C=O) groups is 1. The lowest BCUT2D eigenvalue weighted by Gasteiger charge is -2.63. The van der Waals surface area contributed by atoms with Crippen LogP contribution in [0.25, 0.3) is 0 Å². The van der Waals surface area contributed by atoms with Crippen LogP contribution >= 0.6 is 0 Å². The Balaban J connectivity index is 1.48. The van der Waals surface area contributed by atoms with E-state index in [2.05, 4.69) is 26.1 Å². The molecule has 0 aromatic carbocycles. The lowest BCUT2D eigenvalue weighted by molar-refractivity contribution is -0.207. The number of rotatable bonds is 6. The highest BCUT2D eigenvalue weighted by Crippen LogP contribution is 2.68. The summed E-state index contributed by atoms with van der Waals surface area (Å²) in [6, 6.07) is 0. The summed E-state index contributed by atoms with van der Waals surface area (Å²) < 4.78 is 0. The molecular weight excluding hydrogens is 414 g/mol. The molecular formula is C28H47NO4. The van der Waals surface area contributed by atoms with Crippen LogP contribution in [-0.2, 0) is 4.79 Å². The third-order valence-electron chi connectivity index (χ3n) is 10.9. The Labute approximate surface area is 200 Å². The predicted molar refractivity (Wildman–Crippen MR) is 130 cm³/mol. The van der Waals surface area contributed by atoms with Gasteiger partial charge in [0.1, 0.15) is 0 Å². The van der Waals surface area contributed by atoms with Gasteiger partial charge in [0.05, 0.1) is 18.3 Å². The summed E-state index contributed by atoms with van der Waals surface area (Å²) in [5, 5.41) is 36.1. The van der Waals surface area contributed by atoms with E-state index in [0.29, 0.717) is 36.1 Å². The van der Waals surface area contributed by atoms with E-state index in [0.717, 1.165) is 57.8 Å². The van der Waals surface area contributed by atoms with E-state index in [9.17, 15) is 20.1 Å². The van der Waals surface area contributed by atoms with Crippen molar-refractivity contribution >= 4 is 5.91 Å². The van der Waals surface area contributed by atoms with Crippen LogP contribution in [0.3, 0.4) is 0 Å². The molecule has 0 saturated heterocycles. The molecule has 4 fully saturated rings. The molecule has 11 atom stereocenters. The van der Waals surface area contributed by atoms with Crippen molar-refractivity contribution in [3.8, 4) is 0 Å². The third kappa shape index (κ3) is 4.31. The van der Waals surface area contributed by atoms with Crippen molar-refractivity contribution in [1.82, 2.24) is 5.32 Å². The SMILES string of the molecule is CCNC(=O)C=CCC[C@@H](C)[C@H]1CC[C@H]2[C@@H]3[C@H](O)C[C@@H]4C[C@H](O)CC[C@]4(C)[C@H]3C[C@H](O)[C@]12C. The predicted octanol–water partition coefficient (Wildman–Crippen LogP) is 4.06. The van der Waals surface area contributed by atoms with Crippen LogP contribution in [-0.4, -0.2) is 46.1 Å². The minimum atomic E-state index is -0.334. The molecule has 4 N–H and O–H groups in total. The number of nitrogens with one attached hydrogen (secondary N) is 1. The second kappa shape index (κ2) is 9.62. The van der Waals surface area contributed by atoms with Gasteiger partial charge in [0, 0.05) is 6.54 Å². The maximum Gasteiger partial charge on any atom is 0.243 e. The van der Waals surface area contributed by atoms with Crippen LogP contribution in [0.15, 0.2) is 12.2 Å². The fourth-order valence-electron chi connectivity index (χ4n) is 9.12. The molecule has 5 heteroatoms. The first-order valence-corrected chi connectivity index (χ1v) is 13.6. The Hall–Kier alpha value is -0.910. The summed E-state index contributed by atoms with van der Waals surface area (Å²) in [6.07, 6.45) is 11.1. The van der Waals surface area contributed by atoms with Crippen molar-refractivity contribution in [2.24, 2.45) is 46.3 Å². The van der Waals surface area contributed by atoms with Crippen molar-refractivity contribution in [1.29, 1.82) is 0 Å². The second-order valence-electron chi connectivity index (χ2n) is 12.4.